The third kappa shape index (κ3) is 4.58. The maximum atomic E-state index is 13.8. The van der Waals surface area contributed by atoms with Gasteiger partial charge in [-0.15, -0.1) is 4.36 Å². The Bertz CT molecular complexity index is 616. The van der Waals surface area contributed by atoms with Crippen molar-refractivity contribution < 1.29 is 18.1 Å². The SMILES string of the molecule is CC(C)(C)OC(=O)N=[S@@](C)(=O)c1cccc(Br)c1F. The lowest BCUT2D eigenvalue weighted by atomic mass is 10.2. The van der Waals surface area contributed by atoms with Crippen LogP contribution in [0.4, 0.5) is 9.18 Å². The van der Waals surface area contributed by atoms with Crippen LogP contribution < -0.4 is 0 Å². The average Bonchev–Trinajstić information content (AvgIpc) is 2.17. The van der Waals surface area contributed by atoms with E-state index in [0.29, 0.717) is 0 Å². The third-order valence-electron chi connectivity index (χ3n) is 1.97. The van der Waals surface area contributed by atoms with Gasteiger partial charge in [0.05, 0.1) is 19.1 Å². The third-order valence-corrected chi connectivity index (χ3v) is 4.21. The van der Waals surface area contributed by atoms with Crippen LogP contribution in [0.1, 0.15) is 20.8 Å². The summed E-state index contributed by atoms with van der Waals surface area (Å²) in [6.45, 7) is 4.99. The number of benzene rings is 1. The number of rotatable bonds is 1. The van der Waals surface area contributed by atoms with Gasteiger partial charge in [0.2, 0.25) is 0 Å². The fourth-order valence-electron chi connectivity index (χ4n) is 1.25. The number of hydrogen-bond acceptors (Lipinski definition) is 3. The van der Waals surface area contributed by atoms with Gasteiger partial charge in [0, 0.05) is 6.26 Å². The molecule has 1 aromatic rings. The Labute approximate surface area is 120 Å². The molecule has 0 aliphatic carbocycles. The summed E-state index contributed by atoms with van der Waals surface area (Å²) >= 11 is 3.00. The van der Waals surface area contributed by atoms with E-state index in [2.05, 4.69) is 20.3 Å². The molecule has 0 aliphatic heterocycles. The molecule has 4 nitrogen and oxygen atoms in total. The van der Waals surface area contributed by atoms with Gasteiger partial charge in [-0.05, 0) is 48.8 Å². The van der Waals surface area contributed by atoms with Gasteiger partial charge in [0.15, 0.2) is 5.82 Å². The highest BCUT2D eigenvalue weighted by Gasteiger charge is 2.20. The summed E-state index contributed by atoms with van der Waals surface area (Å²) in [5, 5.41) is 0. The van der Waals surface area contributed by atoms with Gasteiger partial charge >= 0.3 is 6.09 Å². The molecular weight excluding hydrogens is 337 g/mol. The second-order valence-electron chi connectivity index (χ2n) is 4.93. The Hall–Kier alpha value is -0.950. The van der Waals surface area contributed by atoms with Gasteiger partial charge in [0.1, 0.15) is 5.60 Å². The van der Waals surface area contributed by atoms with Crippen molar-refractivity contribution in [3.05, 3.63) is 28.5 Å². The van der Waals surface area contributed by atoms with Crippen molar-refractivity contribution in [3.63, 3.8) is 0 Å². The number of halogens is 2. The van der Waals surface area contributed by atoms with Gasteiger partial charge < -0.3 is 4.74 Å². The highest BCUT2D eigenvalue weighted by molar-refractivity contribution is 9.10. The Morgan fingerprint density at radius 1 is 1.42 bits per heavy atom. The molecule has 0 fully saturated rings. The minimum atomic E-state index is -3.19. The first-order valence-electron chi connectivity index (χ1n) is 5.42. The highest BCUT2D eigenvalue weighted by atomic mass is 79.9. The monoisotopic (exact) mass is 351 g/mol. The smallest absolute Gasteiger partial charge is 0.442 e. The molecule has 1 aromatic carbocycles. The van der Waals surface area contributed by atoms with Crippen LogP contribution in [0.25, 0.3) is 0 Å². The molecule has 1 rings (SSSR count). The minimum Gasteiger partial charge on any atom is -0.442 e. The lowest BCUT2D eigenvalue weighted by Crippen LogP contribution is -2.22. The van der Waals surface area contributed by atoms with E-state index in [1.54, 1.807) is 20.8 Å². The van der Waals surface area contributed by atoms with Crippen LogP contribution in [0, 0.1) is 5.82 Å². The normalized spacial score (nSPS) is 14.6. The molecular formula is C12H15BrFNO3S. The molecule has 0 N–H and O–H groups in total. The molecule has 7 heteroatoms. The van der Waals surface area contributed by atoms with E-state index in [-0.39, 0.29) is 9.37 Å². The van der Waals surface area contributed by atoms with Crippen LogP contribution in [0.5, 0.6) is 0 Å². The Morgan fingerprint density at radius 3 is 2.53 bits per heavy atom. The molecule has 106 valence electrons. The van der Waals surface area contributed by atoms with E-state index >= 15 is 0 Å². The molecule has 0 saturated carbocycles. The zero-order valence-electron chi connectivity index (χ0n) is 11.1. The van der Waals surface area contributed by atoms with Crippen LogP contribution in [0.2, 0.25) is 0 Å². The van der Waals surface area contributed by atoms with Crippen molar-refractivity contribution in [3.8, 4) is 0 Å². The lowest BCUT2D eigenvalue weighted by molar-refractivity contribution is 0.0607. The Balaban J connectivity index is 3.21. The molecule has 0 bridgehead atoms. The quantitative estimate of drug-likeness (QED) is 0.768. The van der Waals surface area contributed by atoms with E-state index < -0.39 is 27.2 Å². The number of hydrogen-bond donors (Lipinski definition) is 0. The van der Waals surface area contributed by atoms with Crippen molar-refractivity contribution in [2.75, 3.05) is 6.26 Å². The zero-order chi connectivity index (χ0) is 14.8. The van der Waals surface area contributed by atoms with Crippen LogP contribution in [0.3, 0.4) is 0 Å². The van der Waals surface area contributed by atoms with Crippen molar-refractivity contribution >= 4 is 31.8 Å². The summed E-state index contributed by atoms with van der Waals surface area (Å²) in [5.74, 6) is -0.692. The molecule has 0 aliphatic rings. The molecule has 0 aromatic heterocycles. The first-order valence-corrected chi connectivity index (χ1v) is 8.14. The summed E-state index contributed by atoms with van der Waals surface area (Å²) in [4.78, 5) is 11.4. The van der Waals surface area contributed by atoms with Crippen LogP contribution in [-0.2, 0) is 14.5 Å². The summed E-state index contributed by atoms with van der Waals surface area (Å²) < 4.78 is 34.8. The molecule has 0 radical (unpaired) electrons. The fraction of sp³-hybridized carbons (Fsp3) is 0.417. The Kier molecular flexibility index (Phi) is 4.73. The maximum absolute atomic E-state index is 13.8. The van der Waals surface area contributed by atoms with Crippen LogP contribution in [-0.4, -0.2) is 22.2 Å². The van der Waals surface area contributed by atoms with Crippen molar-refractivity contribution in [1.29, 1.82) is 0 Å². The van der Waals surface area contributed by atoms with Crippen LogP contribution >= 0.6 is 15.9 Å². The topological polar surface area (TPSA) is 55.7 Å². The fourth-order valence-corrected chi connectivity index (χ4v) is 2.94. The van der Waals surface area contributed by atoms with Gasteiger partial charge in [-0.1, -0.05) is 6.07 Å². The lowest BCUT2D eigenvalue weighted by Gasteiger charge is -2.17. The molecule has 0 heterocycles. The summed E-state index contributed by atoms with van der Waals surface area (Å²) in [6, 6.07) is 4.33. The number of amides is 1. The molecule has 0 saturated heterocycles. The first-order chi connectivity index (χ1) is 8.53. The summed E-state index contributed by atoms with van der Waals surface area (Å²) in [5.41, 5.74) is -0.744. The number of nitrogens with zero attached hydrogens (tertiary/aromatic N) is 1. The number of ether oxygens (including phenoxy) is 1. The first kappa shape index (κ1) is 16.1. The van der Waals surface area contributed by atoms with E-state index in [1.807, 2.05) is 0 Å². The second kappa shape index (κ2) is 5.58. The molecule has 19 heavy (non-hydrogen) atoms. The molecule has 0 spiro atoms. The second-order valence-corrected chi connectivity index (χ2v) is 8.01. The zero-order valence-corrected chi connectivity index (χ0v) is 13.5. The summed E-state index contributed by atoms with van der Waals surface area (Å²) in [7, 11) is -3.19. The number of carbonyl (C=O) groups is 1. The van der Waals surface area contributed by atoms with Crippen molar-refractivity contribution in [2.24, 2.45) is 4.36 Å². The van der Waals surface area contributed by atoms with E-state index in [4.69, 9.17) is 4.74 Å². The number of carbonyl (C=O) groups excluding carboxylic acids is 1. The van der Waals surface area contributed by atoms with Gasteiger partial charge in [0.25, 0.3) is 0 Å². The summed E-state index contributed by atoms with van der Waals surface area (Å²) in [6.07, 6.45) is 0.223. The van der Waals surface area contributed by atoms with Crippen LogP contribution in [0.15, 0.2) is 31.9 Å². The highest BCUT2D eigenvalue weighted by Crippen LogP contribution is 2.24. The van der Waals surface area contributed by atoms with Gasteiger partial charge in [-0.3, -0.25) is 0 Å². The minimum absolute atomic E-state index is 0.132. The molecule has 1 amide bonds. The average molecular weight is 352 g/mol. The predicted octanol–water partition coefficient (Wildman–Crippen LogP) is 3.98. The van der Waals surface area contributed by atoms with E-state index in [1.165, 1.54) is 24.5 Å². The maximum Gasteiger partial charge on any atom is 0.442 e. The Morgan fingerprint density at radius 2 is 2.00 bits per heavy atom. The molecule has 0 unspecified atom stereocenters. The van der Waals surface area contributed by atoms with Crippen molar-refractivity contribution in [1.82, 2.24) is 0 Å². The standard InChI is InChI=1S/C12H15BrFNO3S/c1-12(2,3)18-11(16)15-19(4,17)9-7-5-6-8(13)10(9)14/h5-7H,1-4H3/t19-/m0/s1. The molecule has 1 atom stereocenters. The van der Waals surface area contributed by atoms with E-state index in [9.17, 15) is 13.4 Å². The largest absolute Gasteiger partial charge is 0.442 e. The van der Waals surface area contributed by atoms with Crippen molar-refractivity contribution in [2.45, 2.75) is 31.3 Å². The van der Waals surface area contributed by atoms with E-state index in [0.717, 1.165) is 0 Å². The van der Waals surface area contributed by atoms with Gasteiger partial charge in [-0.2, -0.15) is 0 Å². The predicted molar refractivity (Wildman–Crippen MR) is 75.1 cm³/mol. The van der Waals surface area contributed by atoms with Gasteiger partial charge in [-0.25, -0.2) is 13.4 Å².